The maximum absolute atomic E-state index is 2.51. The van der Waals surface area contributed by atoms with E-state index in [1.807, 2.05) is 0 Å². The first-order valence-electron chi connectivity index (χ1n) is 8.28. The van der Waals surface area contributed by atoms with Crippen molar-refractivity contribution in [3.63, 3.8) is 0 Å². The van der Waals surface area contributed by atoms with Gasteiger partial charge in [-0.1, -0.05) is 62.4 Å². The minimum atomic E-state index is 0.415. The molecule has 0 spiro atoms. The fraction of sp³-hybridized carbons (Fsp3) is 0.429. The molecule has 4 rings (SSSR count). The van der Waals surface area contributed by atoms with Crippen molar-refractivity contribution in [3.8, 4) is 0 Å². The van der Waals surface area contributed by atoms with E-state index >= 15 is 0 Å². The van der Waals surface area contributed by atoms with Crippen molar-refractivity contribution in [2.45, 2.75) is 39.5 Å². The van der Waals surface area contributed by atoms with Crippen LogP contribution in [0.5, 0.6) is 0 Å². The molecule has 0 amide bonds. The third-order valence-corrected chi connectivity index (χ3v) is 6.21. The Morgan fingerprint density at radius 1 is 0.619 bits per heavy atom. The second kappa shape index (κ2) is 4.73. The molecule has 0 saturated carbocycles. The number of hydrogen-bond acceptors (Lipinski definition) is 0. The Hall–Kier alpha value is -1.56. The van der Waals surface area contributed by atoms with Crippen molar-refractivity contribution >= 4 is 0 Å². The van der Waals surface area contributed by atoms with E-state index in [-0.39, 0.29) is 0 Å². The van der Waals surface area contributed by atoms with Gasteiger partial charge in [-0.2, -0.15) is 0 Å². The molecule has 0 heterocycles. The molecule has 0 atom stereocenters. The van der Waals surface area contributed by atoms with Crippen LogP contribution in [0.1, 0.15) is 36.1 Å². The van der Waals surface area contributed by atoms with Crippen molar-refractivity contribution in [1.82, 2.24) is 0 Å². The van der Waals surface area contributed by atoms with Crippen LogP contribution in [-0.4, -0.2) is 0 Å². The van der Waals surface area contributed by atoms with Crippen LogP contribution in [0.3, 0.4) is 0 Å². The van der Waals surface area contributed by atoms with Crippen molar-refractivity contribution < 1.29 is 0 Å². The van der Waals surface area contributed by atoms with Gasteiger partial charge in [0.2, 0.25) is 0 Å². The Balaban J connectivity index is 1.83. The Kier molecular flexibility index (Phi) is 2.96. The summed E-state index contributed by atoms with van der Waals surface area (Å²) in [7, 11) is 0. The maximum Gasteiger partial charge on any atom is -0.0239 e. The van der Waals surface area contributed by atoms with Gasteiger partial charge in [0.1, 0.15) is 0 Å². The average Bonchev–Trinajstić information content (AvgIpc) is 2.65. The molecule has 108 valence electrons. The van der Waals surface area contributed by atoms with E-state index in [1.165, 1.54) is 25.7 Å². The molecule has 0 heteroatoms. The third-order valence-electron chi connectivity index (χ3n) is 6.21. The molecular formula is C21H24. The standard InChI is InChI=1S/C21H24/c1-21(2)19-11-15-7-3-4-8-16(15)12-20(21)14-18-10-6-5-9-17(18)13-19/h3-10,19-20H,11-14H2,1-2H3. The van der Waals surface area contributed by atoms with E-state index in [0.29, 0.717) is 5.41 Å². The highest BCUT2D eigenvalue weighted by molar-refractivity contribution is 5.35. The molecular weight excluding hydrogens is 252 g/mol. The van der Waals surface area contributed by atoms with Gasteiger partial charge in [0, 0.05) is 0 Å². The van der Waals surface area contributed by atoms with Gasteiger partial charge in [0.15, 0.2) is 0 Å². The van der Waals surface area contributed by atoms with Crippen LogP contribution in [0.25, 0.3) is 0 Å². The zero-order valence-electron chi connectivity index (χ0n) is 13.1. The third kappa shape index (κ3) is 2.12. The maximum atomic E-state index is 2.51. The molecule has 2 bridgehead atoms. The van der Waals surface area contributed by atoms with Crippen molar-refractivity contribution in [1.29, 1.82) is 0 Å². The minimum absolute atomic E-state index is 0.415. The SMILES string of the molecule is CC1(C)C2Cc3ccccc3CC1Cc1ccccc1C2. The highest BCUT2D eigenvalue weighted by Crippen LogP contribution is 2.48. The molecule has 0 nitrogen and oxygen atoms in total. The highest BCUT2D eigenvalue weighted by atomic mass is 14.5. The number of benzene rings is 2. The fourth-order valence-electron chi connectivity index (χ4n) is 4.50. The lowest BCUT2D eigenvalue weighted by atomic mass is 9.67. The molecule has 0 aromatic heterocycles. The molecule has 2 aromatic carbocycles. The van der Waals surface area contributed by atoms with Gasteiger partial charge in [-0.25, -0.2) is 0 Å². The summed E-state index contributed by atoms with van der Waals surface area (Å²) in [5, 5.41) is 0. The molecule has 0 aliphatic heterocycles. The van der Waals surface area contributed by atoms with Crippen molar-refractivity contribution in [3.05, 3.63) is 70.8 Å². The van der Waals surface area contributed by atoms with Gasteiger partial charge in [0.25, 0.3) is 0 Å². The summed E-state index contributed by atoms with van der Waals surface area (Å²) < 4.78 is 0. The quantitative estimate of drug-likeness (QED) is 0.645. The number of fused-ring (bicyclic) bond motifs is 4. The van der Waals surface area contributed by atoms with Gasteiger partial charge in [-0.15, -0.1) is 0 Å². The smallest absolute Gasteiger partial charge is 0.0239 e. The predicted molar refractivity (Wildman–Crippen MR) is 88.5 cm³/mol. The summed E-state index contributed by atoms with van der Waals surface area (Å²) in [6.45, 7) is 5.03. The zero-order valence-corrected chi connectivity index (χ0v) is 13.1. The largest absolute Gasteiger partial charge is 0.0620 e. The first-order valence-corrected chi connectivity index (χ1v) is 8.28. The Bertz CT molecular complexity index is 558. The van der Waals surface area contributed by atoms with Crippen LogP contribution in [0.4, 0.5) is 0 Å². The lowest BCUT2D eigenvalue weighted by Crippen LogP contribution is -2.33. The van der Waals surface area contributed by atoms with E-state index in [1.54, 1.807) is 22.3 Å². The van der Waals surface area contributed by atoms with E-state index in [4.69, 9.17) is 0 Å². The number of hydrogen-bond donors (Lipinski definition) is 0. The van der Waals surface area contributed by atoms with Crippen LogP contribution < -0.4 is 0 Å². The summed E-state index contributed by atoms with van der Waals surface area (Å²) in [4.78, 5) is 0. The molecule has 21 heavy (non-hydrogen) atoms. The molecule has 0 unspecified atom stereocenters. The Morgan fingerprint density at radius 2 is 0.905 bits per heavy atom. The van der Waals surface area contributed by atoms with Crippen LogP contribution in [0.2, 0.25) is 0 Å². The van der Waals surface area contributed by atoms with Crippen LogP contribution in [0.15, 0.2) is 48.5 Å². The average molecular weight is 276 g/mol. The van der Waals surface area contributed by atoms with Crippen LogP contribution >= 0.6 is 0 Å². The van der Waals surface area contributed by atoms with Gasteiger partial charge < -0.3 is 0 Å². The lowest BCUT2D eigenvalue weighted by Gasteiger charge is -2.37. The second-order valence-corrected chi connectivity index (χ2v) is 7.57. The molecule has 0 N–H and O–H groups in total. The molecule has 2 aliphatic rings. The van der Waals surface area contributed by atoms with Gasteiger partial charge >= 0.3 is 0 Å². The first-order chi connectivity index (χ1) is 10.1. The summed E-state index contributed by atoms with van der Waals surface area (Å²) in [6.07, 6.45) is 4.98. The lowest BCUT2D eigenvalue weighted by molar-refractivity contribution is 0.125. The van der Waals surface area contributed by atoms with E-state index < -0.39 is 0 Å². The van der Waals surface area contributed by atoms with Crippen molar-refractivity contribution in [2.75, 3.05) is 0 Å². The highest BCUT2D eigenvalue weighted by Gasteiger charge is 2.42. The fourth-order valence-corrected chi connectivity index (χ4v) is 4.50. The number of rotatable bonds is 0. The Morgan fingerprint density at radius 3 is 1.19 bits per heavy atom. The van der Waals surface area contributed by atoms with Crippen LogP contribution in [-0.2, 0) is 25.7 Å². The van der Waals surface area contributed by atoms with E-state index in [2.05, 4.69) is 62.4 Å². The first kappa shape index (κ1) is 13.1. The summed E-state index contributed by atoms with van der Waals surface area (Å²) in [5.74, 6) is 1.52. The second-order valence-electron chi connectivity index (χ2n) is 7.57. The van der Waals surface area contributed by atoms with Gasteiger partial charge in [0.05, 0.1) is 0 Å². The molecule has 0 saturated heterocycles. The van der Waals surface area contributed by atoms with E-state index in [0.717, 1.165) is 11.8 Å². The summed E-state index contributed by atoms with van der Waals surface area (Å²) >= 11 is 0. The van der Waals surface area contributed by atoms with Crippen LogP contribution in [0, 0.1) is 17.3 Å². The zero-order chi connectivity index (χ0) is 14.4. The topological polar surface area (TPSA) is 0 Å². The minimum Gasteiger partial charge on any atom is -0.0620 e. The van der Waals surface area contributed by atoms with E-state index in [9.17, 15) is 0 Å². The summed E-state index contributed by atoms with van der Waals surface area (Å²) in [5.41, 5.74) is 6.79. The monoisotopic (exact) mass is 276 g/mol. The van der Waals surface area contributed by atoms with Gasteiger partial charge in [-0.3, -0.25) is 0 Å². The van der Waals surface area contributed by atoms with Crippen molar-refractivity contribution in [2.24, 2.45) is 17.3 Å². The Labute approximate surface area is 128 Å². The predicted octanol–water partition coefficient (Wildman–Crippen LogP) is 4.84. The summed E-state index contributed by atoms with van der Waals surface area (Å²) in [6, 6.07) is 18.3. The molecule has 2 aromatic rings. The molecule has 0 radical (unpaired) electrons. The molecule has 0 fully saturated rings. The van der Waals surface area contributed by atoms with Gasteiger partial charge in [-0.05, 0) is 65.2 Å². The normalized spacial score (nSPS) is 26.2. The molecule has 2 aliphatic carbocycles.